The van der Waals surface area contributed by atoms with Gasteiger partial charge in [-0.2, -0.15) is 0 Å². The molecule has 1 atom stereocenters. The van der Waals surface area contributed by atoms with Crippen LogP contribution in [-0.2, 0) is 6.42 Å². The smallest absolute Gasteiger partial charge is 0.263 e. The molecule has 2 heterocycles. The van der Waals surface area contributed by atoms with Crippen LogP contribution in [0.1, 0.15) is 28.2 Å². The van der Waals surface area contributed by atoms with Crippen molar-refractivity contribution < 1.29 is 4.79 Å². The Morgan fingerprint density at radius 2 is 2.08 bits per heavy atom. The van der Waals surface area contributed by atoms with Crippen molar-refractivity contribution in [2.75, 3.05) is 27.2 Å². The van der Waals surface area contributed by atoms with Gasteiger partial charge in [-0.25, -0.2) is 4.98 Å². The maximum absolute atomic E-state index is 12.6. The molecule has 0 saturated carbocycles. The van der Waals surface area contributed by atoms with Gasteiger partial charge >= 0.3 is 0 Å². The van der Waals surface area contributed by atoms with Crippen LogP contribution in [0.2, 0.25) is 10.0 Å². The molecule has 1 amide bonds. The molecular formula is C18H20Cl2N4O2. The number of nitrogens with zero attached hydrogens (tertiary/aromatic N) is 3. The summed E-state index contributed by atoms with van der Waals surface area (Å²) in [5, 5.41) is 1.01. The lowest BCUT2D eigenvalue weighted by atomic mass is 10.1. The summed E-state index contributed by atoms with van der Waals surface area (Å²) >= 11 is 12.3. The van der Waals surface area contributed by atoms with E-state index in [-0.39, 0.29) is 23.9 Å². The third-order valence-corrected chi connectivity index (χ3v) is 5.43. The van der Waals surface area contributed by atoms with Crippen molar-refractivity contribution in [1.29, 1.82) is 0 Å². The van der Waals surface area contributed by atoms with Gasteiger partial charge in [0.15, 0.2) is 0 Å². The van der Waals surface area contributed by atoms with Gasteiger partial charge in [-0.05, 0) is 37.7 Å². The van der Waals surface area contributed by atoms with Crippen molar-refractivity contribution in [2.45, 2.75) is 18.9 Å². The lowest BCUT2D eigenvalue weighted by Crippen LogP contribution is -2.41. The van der Waals surface area contributed by atoms with E-state index in [9.17, 15) is 9.59 Å². The van der Waals surface area contributed by atoms with E-state index in [4.69, 9.17) is 23.2 Å². The van der Waals surface area contributed by atoms with E-state index in [2.05, 4.69) is 14.9 Å². The van der Waals surface area contributed by atoms with E-state index in [0.29, 0.717) is 21.4 Å². The number of likely N-dealkylation sites (N-methyl/N-ethyl adjacent to an activating group) is 2. The maximum Gasteiger partial charge on any atom is 0.263 e. The first-order valence-electron chi connectivity index (χ1n) is 8.33. The van der Waals surface area contributed by atoms with Crippen LogP contribution in [0, 0.1) is 0 Å². The van der Waals surface area contributed by atoms with Gasteiger partial charge in [0.05, 0.1) is 0 Å². The highest BCUT2D eigenvalue weighted by Gasteiger charge is 2.28. The van der Waals surface area contributed by atoms with E-state index in [1.165, 1.54) is 6.20 Å². The van der Waals surface area contributed by atoms with Crippen LogP contribution >= 0.6 is 23.2 Å². The van der Waals surface area contributed by atoms with Crippen molar-refractivity contribution >= 4 is 29.1 Å². The minimum absolute atomic E-state index is 0.0380. The second-order valence-electron chi connectivity index (χ2n) is 6.57. The predicted octanol–water partition coefficient (Wildman–Crippen LogP) is 2.44. The molecule has 1 saturated heterocycles. The summed E-state index contributed by atoms with van der Waals surface area (Å²) in [4.78, 5) is 35.7. The zero-order valence-corrected chi connectivity index (χ0v) is 16.1. The summed E-state index contributed by atoms with van der Waals surface area (Å²) < 4.78 is 0. The van der Waals surface area contributed by atoms with Gasteiger partial charge in [-0.15, -0.1) is 0 Å². The molecule has 0 unspecified atom stereocenters. The molecule has 1 aliphatic heterocycles. The zero-order valence-electron chi connectivity index (χ0n) is 14.6. The van der Waals surface area contributed by atoms with Crippen molar-refractivity contribution in [3.05, 3.63) is 61.7 Å². The number of halogens is 2. The van der Waals surface area contributed by atoms with E-state index >= 15 is 0 Å². The average Bonchev–Trinajstić information content (AvgIpc) is 3.03. The first kappa shape index (κ1) is 18.9. The molecule has 8 heteroatoms. The lowest BCUT2D eigenvalue weighted by Gasteiger charge is -2.24. The molecule has 1 aliphatic rings. The van der Waals surface area contributed by atoms with Crippen LogP contribution < -0.4 is 5.56 Å². The largest absolute Gasteiger partial charge is 0.337 e. The van der Waals surface area contributed by atoms with Gasteiger partial charge < -0.3 is 14.8 Å². The molecule has 6 nitrogen and oxygen atoms in total. The van der Waals surface area contributed by atoms with Crippen molar-refractivity contribution in [3.63, 3.8) is 0 Å². The van der Waals surface area contributed by atoms with Crippen molar-refractivity contribution in [2.24, 2.45) is 0 Å². The van der Waals surface area contributed by atoms with Gasteiger partial charge in [0.25, 0.3) is 11.5 Å². The number of benzene rings is 1. The van der Waals surface area contributed by atoms with E-state index in [1.54, 1.807) is 30.1 Å². The molecule has 2 aromatic rings. The molecule has 1 N–H and O–H groups in total. The summed E-state index contributed by atoms with van der Waals surface area (Å²) in [5.41, 5.74) is 0.265. The quantitative estimate of drug-likeness (QED) is 0.864. The molecule has 0 bridgehead atoms. The molecule has 1 aromatic heterocycles. The molecule has 1 fully saturated rings. The summed E-state index contributed by atoms with van der Waals surface area (Å²) in [6.45, 7) is 1.74. The summed E-state index contributed by atoms with van der Waals surface area (Å²) in [6, 6.07) is 5.31. The number of carbonyl (C=O) groups excluding carboxylic acids is 1. The minimum Gasteiger partial charge on any atom is -0.337 e. The maximum atomic E-state index is 12.6. The molecule has 26 heavy (non-hydrogen) atoms. The van der Waals surface area contributed by atoms with Crippen LogP contribution in [0.25, 0.3) is 0 Å². The number of carbonyl (C=O) groups is 1. The number of hydrogen-bond donors (Lipinski definition) is 1. The van der Waals surface area contributed by atoms with Crippen LogP contribution in [0.15, 0.2) is 29.2 Å². The van der Waals surface area contributed by atoms with E-state index in [1.807, 2.05) is 7.05 Å². The number of likely N-dealkylation sites (tertiary alicyclic amines) is 1. The Kier molecular flexibility index (Phi) is 5.65. The Morgan fingerprint density at radius 3 is 2.65 bits per heavy atom. The minimum atomic E-state index is -0.457. The summed E-state index contributed by atoms with van der Waals surface area (Å²) in [6.07, 6.45) is 2.51. The summed E-state index contributed by atoms with van der Waals surface area (Å²) in [7, 11) is 3.74. The fourth-order valence-electron chi connectivity index (χ4n) is 3.13. The highest BCUT2D eigenvalue weighted by molar-refractivity contribution is 6.36. The Balaban J connectivity index is 1.79. The molecule has 0 aliphatic carbocycles. The third kappa shape index (κ3) is 3.92. The van der Waals surface area contributed by atoms with Crippen molar-refractivity contribution in [1.82, 2.24) is 19.8 Å². The molecular weight excluding hydrogens is 375 g/mol. The molecule has 1 aromatic carbocycles. The first-order chi connectivity index (χ1) is 12.4. The van der Waals surface area contributed by atoms with Crippen molar-refractivity contribution in [3.8, 4) is 0 Å². The third-order valence-electron chi connectivity index (χ3n) is 4.72. The van der Waals surface area contributed by atoms with E-state index < -0.39 is 5.56 Å². The second kappa shape index (κ2) is 7.78. The second-order valence-corrected chi connectivity index (χ2v) is 7.38. The highest BCUT2D eigenvalue weighted by Crippen LogP contribution is 2.25. The molecule has 138 valence electrons. The van der Waals surface area contributed by atoms with Gasteiger partial charge in [0.2, 0.25) is 0 Å². The number of amides is 1. The number of hydrogen-bond acceptors (Lipinski definition) is 4. The number of aromatic amines is 1. The van der Waals surface area contributed by atoms with E-state index in [0.717, 1.165) is 19.5 Å². The predicted molar refractivity (Wildman–Crippen MR) is 102 cm³/mol. The zero-order chi connectivity index (χ0) is 18.8. The number of nitrogens with one attached hydrogen (secondary N) is 1. The standard InChI is InChI=1S/C18H20Cl2N4O2/c1-23-7-6-11(10-23)24(2)18(26)13-9-21-16(22-17(13)25)8-12-14(19)4-3-5-15(12)20/h3-5,9,11H,6-8,10H2,1-2H3,(H,21,22,25)/t11-/m0/s1. The Bertz CT molecular complexity index is 863. The Labute approximate surface area is 161 Å². The fourth-order valence-corrected chi connectivity index (χ4v) is 3.66. The monoisotopic (exact) mass is 394 g/mol. The first-order valence-corrected chi connectivity index (χ1v) is 9.09. The van der Waals surface area contributed by atoms with Crippen LogP contribution in [-0.4, -0.2) is 58.9 Å². The highest BCUT2D eigenvalue weighted by atomic mass is 35.5. The fraction of sp³-hybridized carbons (Fsp3) is 0.389. The van der Waals surface area contributed by atoms with Gasteiger partial charge in [0, 0.05) is 42.3 Å². The van der Waals surface area contributed by atoms with Crippen LogP contribution in [0.3, 0.4) is 0 Å². The SMILES string of the molecule is CN1CC[C@H](N(C)C(=O)c2cnc(Cc3c(Cl)cccc3Cl)[nH]c2=O)C1. The summed E-state index contributed by atoms with van der Waals surface area (Å²) in [5.74, 6) is 0.0891. The van der Waals surface area contributed by atoms with Crippen LogP contribution in [0.4, 0.5) is 0 Å². The van der Waals surface area contributed by atoms with Gasteiger partial charge in [-0.1, -0.05) is 29.3 Å². The van der Waals surface area contributed by atoms with Gasteiger partial charge in [0.1, 0.15) is 11.4 Å². The molecule has 0 radical (unpaired) electrons. The van der Waals surface area contributed by atoms with Crippen LogP contribution in [0.5, 0.6) is 0 Å². The number of aromatic nitrogens is 2. The Hall–Kier alpha value is -1.89. The van der Waals surface area contributed by atoms with Gasteiger partial charge in [-0.3, -0.25) is 9.59 Å². The average molecular weight is 395 g/mol. The molecule has 3 rings (SSSR count). The Morgan fingerprint density at radius 1 is 1.38 bits per heavy atom. The topological polar surface area (TPSA) is 69.3 Å². The number of rotatable bonds is 4. The number of H-pyrrole nitrogens is 1. The lowest BCUT2D eigenvalue weighted by molar-refractivity contribution is 0.0735. The molecule has 0 spiro atoms. The normalized spacial score (nSPS) is 17.5.